The summed E-state index contributed by atoms with van der Waals surface area (Å²) in [5.74, 6) is -1.13. The van der Waals surface area contributed by atoms with Crippen LogP contribution in [-0.2, 0) is 19.1 Å². The highest BCUT2D eigenvalue weighted by Gasteiger charge is 2.36. The number of carbonyl (C=O) groups is 4. The zero-order valence-electron chi connectivity index (χ0n) is 18.2. The van der Waals surface area contributed by atoms with Gasteiger partial charge < -0.3 is 14.8 Å². The summed E-state index contributed by atoms with van der Waals surface area (Å²) in [5, 5.41) is 2.73. The number of esters is 1. The Balaban J connectivity index is 1.60. The minimum Gasteiger partial charge on any atom is -0.483 e. The molecule has 34 heavy (non-hydrogen) atoms. The molecule has 0 atom stereocenters. The van der Waals surface area contributed by atoms with Crippen molar-refractivity contribution >= 4 is 74.1 Å². The molecule has 2 aromatic carbocycles. The molecule has 0 unspecified atom stereocenters. The molecule has 11 heteroatoms. The Morgan fingerprint density at radius 1 is 1.18 bits per heavy atom. The molecule has 0 aliphatic carbocycles. The second-order valence-electron chi connectivity index (χ2n) is 7.34. The van der Waals surface area contributed by atoms with E-state index in [1.165, 1.54) is 0 Å². The van der Waals surface area contributed by atoms with Crippen molar-refractivity contribution in [3.8, 4) is 5.75 Å². The number of thioether (sulfide) groups is 1. The fourth-order valence-electron chi connectivity index (χ4n) is 2.81. The van der Waals surface area contributed by atoms with Gasteiger partial charge >= 0.3 is 5.97 Å². The SMILES string of the molecule is CC(C)OC(=O)CN1C(=O)S/C(=C\c2ccc(OCC(=O)Nc3ccc(Cl)cc3)c(Br)c2)C1=O. The van der Waals surface area contributed by atoms with Gasteiger partial charge in [-0.3, -0.25) is 24.1 Å². The first-order valence-corrected chi connectivity index (χ1v) is 12.0. The van der Waals surface area contributed by atoms with E-state index in [1.807, 2.05) is 0 Å². The van der Waals surface area contributed by atoms with Gasteiger partial charge in [-0.05, 0) is 89.6 Å². The predicted molar refractivity (Wildman–Crippen MR) is 134 cm³/mol. The fraction of sp³-hybridized carbons (Fsp3) is 0.217. The lowest BCUT2D eigenvalue weighted by molar-refractivity contribution is -0.149. The van der Waals surface area contributed by atoms with Gasteiger partial charge in [0.25, 0.3) is 17.1 Å². The molecule has 1 aliphatic rings. The molecule has 178 valence electrons. The van der Waals surface area contributed by atoms with Crippen LogP contribution in [0.3, 0.4) is 0 Å². The highest BCUT2D eigenvalue weighted by molar-refractivity contribution is 9.10. The zero-order valence-corrected chi connectivity index (χ0v) is 21.3. The second-order valence-corrected chi connectivity index (χ2v) is 9.62. The van der Waals surface area contributed by atoms with Crippen molar-refractivity contribution in [1.29, 1.82) is 0 Å². The highest BCUT2D eigenvalue weighted by Crippen LogP contribution is 2.34. The third-order valence-electron chi connectivity index (χ3n) is 4.27. The van der Waals surface area contributed by atoms with Gasteiger partial charge in [0.1, 0.15) is 12.3 Å². The molecular weight excluding hydrogens is 548 g/mol. The maximum Gasteiger partial charge on any atom is 0.326 e. The summed E-state index contributed by atoms with van der Waals surface area (Å²) in [6.07, 6.45) is 1.20. The van der Waals surface area contributed by atoms with Crippen LogP contribution in [0.4, 0.5) is 10.5 Å². The summed E-state index contributed by atoms with van der Waals surface area (Å²) in [5.41, 5.74) is 1.22. The van der Waals surface area contributed by atoms with Crippen molar-refractivity contribution in [2.45, 2.75) is 20.0 Å². The topological polar surface area (TPSA) is 102 Å². The van der Waals surface area contributed by atoms with E-state index in [1.54, 1.807) is 62.4 Å². The number of imide groups is 1. The van der Waals surface area contributed by atoms with E-state index >= 15 is 0 Å². The highest BCUT2D eigenvalue weighted by atomic mass is 79.9. The summed E-state index contributed by atoms with van der Waals surface area (Å²) in [4.78, 5) is 49.7. The normalized spacial score (nSPS) is 14.6. The third kappa shape index (κ3) is 7.09. The number of benzene rings is 2. The molecular formula is C23H20BrClN2O6S. The average molecular weight is 568 g/mol. The quantitative estimate of drug-likeness (QED) is 0.349. The monoisotopic (exact) mass is 566 g/mol. The molecule has 0 saturated carbocycles. The average Bonchev–Trinajstić information content (AvgIpc) is 3.01. The van der Waals surface area contributed by atoms with E-state index in [-0.39, 0.29) is 23.5 Å². The van der Waals surface area contributed by atoms with Gasteiger partial charge in [0.2, 0.25) is 0 Å². The van der Waals surface area contributed by atoms with E-state index in [0.717, 1.165) is 16.7 Å². The van der Waals surface area contributed by atoms with Crippen molar-refractivity contribution in [1.82, 2.24) is 4.90 Å². The molecule has 3 rings (SSSR count). The minimum absolute atomic E-state index is 0.185. The summed E-state index contributed by atoms with van der Waals surface area (Å²) in [6, 6.07) is 11.7. The van der Waals surface area contributed by atoms with Crippen molar-refractivity contribution in [2.24, 2.45) is 0 Å². The number of carbonyl (C=O) groups excluding carboxylic acids is 4. The molecule has 0 spiro atoms. The van der Waals surface area contributed by atoms with Crippen molar-refractivity contribution < 1.29 is 28.7 Å². The molecule has 2 aromatic rings. The number of rotatable bonds is 8. The molecule has 1 fully saturated rings. The zero-order chi connectivity index (χ0) is 24.8. The van der Waals surface area contributed by atoms with Gasteiger partial charge in [0.05, 0.1) is 15.5 Å². The van der Waals surface area contributed by atoms with Crippen LogP contribution < -0.4 is 10.1 Å². The largest absolute Gasteiger partial charge is 0.483 e. The lowest BCUT2D eigenvalue weighted by atomic mass is 10.2. The van der Waals surface area contributed by atoms with E-state index < -0.39 is 23.7 Å². The van der Waals surface area contributed by atoms with Crippen LogP contribution >= 0.6 is 39.3 Å². The van der Waals surface area contributed by atoms with E-state index in [0.29, 0.717) is 26.5 Å². The molecule has 1 heterocycles. The Kier molecular flexibility index (Phi) is 8.76. The summed E-state index contributed by atoms with van der Waals surface area (Å²) >= 11 is 9.96. The maximum absolute atomic E-state index is 12.6. The lowest BCUT2D eigenvalue weighted by Gasteiger charge is -2.13. The minimum atomic E-state index is -0.650. The molecule has 0 aromatic heterocycles. The maximum atomic E-state index is 12.6. The van der Waals surface area contributed by atoms with Gasteiger partial charge in [0.15, 0.2) is 6.61 Å². The Morgan fingerprint density at radius 2 is 1.88 bits per heavy atom. The third-order valence-corrected chi connectivity index (χ3v) is 6.05. The van der Waals surface area contributed by atoms with Gasteiger partial charge in [-0.2, -0.15) is 0 Å². The van der Waals surface area contributed by atoms with E-state index in [9.17, 15) is 19.2 Å². The van der Waals surface area contributed by atoms with Crippen LogP contribution in [0.25, 0.3) is 6.08 Å². The van der Waals surface area contributed by atoms with Gasteiger partial charge in [0, 0.05) is 10.7 Å². The van der Waals surface area contributed by atoms with Crippen LogP contribution in [-0.4, -0.2) is 47.2 Å². The number of anilines is 1. The van der Waals surface area contributed by atoms with E-state index in [4.69, 9.17) is 21.1 Å². The molecule has 1 saturated heterocycles. The van der Waals surface area contributed by atoms with Crippen molar-refractivity contribution in [2.75, 3.05) is 18.5 Å². The smallest absolute Gasteiger partial charge is 0.326 e. The van der Waals surface area contributed by atoms with Crippen LogP contribution in [0, 0.1) is 0 Å². The van der Waals surface area contributed by atoms with Crippen LogP contribution in [0.2, 0.25) is 5.02 Å². The Morgan fingerprint density at radius 3 is 2.53 bits per heavy atom. The lowest BCUT2D eigenvalue weighted by Crippen LogP contribution is -2.35. The molecule has 0 bridgehead atoms. The molecule has 1 N–H and O–H groups in total. The predicted octanol–water partition coefficient (Wildman–Crippen LogP) is 5.11. The van der Waals surface area contributed by atoms with Crippen molar-refractivity contribution in [3.05, 3.63) is 62.4 Å². The summed E-state index contributed by atoms with van der Waals surface area (Å²) < 4.78 is 11.1. The number of ether oxygens (including phenoxy) is 2. The van der Waals surface area contributed by atoms with Gasteiger partial charge in [-0.1, -0.05) is 17.7 Å². The standard InChI is InChI=1S/C23H20BrClN2O6S/c1-13(2)33-21(29)11-27-22(30)19(34-23(27)31)10-14-3-8-18(17(24)9-14)32-12-20(28)26-16-6-4-15(25)5-7-16/h3-10,13H,11-12H2,1-2H3,(H,26,28)/b19-10-. The number of hydrogen-bond acceptors (Lipinski definition) is 7. The van der Waals surface area contributed by atoms with Crippen LogP contribution in [0.15, 0.2) is 51.8 Å². The molecule has 1 aliphatic heterocycles. The fourth-order valence-corrected chi connectivity index (χ4v) is 4.29. The van der Waals surface area contributed by atoms with E-state index in [2.05, 4.69) is 21.2 Å². The van der Waals surface area contributed by atoms with Crippen LogP contribution in [0.1, 0.15) is 19.4 Å². The van der Waals surface area contributed by atoms with Gasteiger partial charge in [-0.25, -0.2) is 0 Å². The first kappa shape index (κ1) is 25.8. The van der Waals surface area contributed by atoms with Crippen LogP contribution in [0.5, 0.6) is 5.75 Å². The van der Waals surface area contributed by atoms with Gasteiger partial charge in [-0.15, -0.1) is 0 Å². The Bertz CT molecular complexity index is 1150. The molecule has 3 amide bonds. The first-order valence-electron chi connectivity index (χ1n) is 10.0. The first-order chi connectivity index (χ1) is 16.1. The number of amides is 3. The second kappa shape index (κ2) is 11.5. The summed E-state index contributed by atoms with van der Waals surface area (Å²) in [7, 11) is 0. The number of nitrogens with zero attached hydrogens (tertiary/aromatic N) is 1. The number of hydrogen-bond donors (Lipinski definition) is 1. The van der Waals surface area contributed by atoms with Crippen molar-refractivity contribution in [3.63, 3.8) is 0 Å². The Hall–Kier alpha value is -2.82. The number of halogens is 2. The Labute approximate surface area is 213 Å². The number of nitrogens with one attached hydrogen (secondary N) is 1. The summed E-state index contributed by atoms with van der Waals surface area (Å²) in [6.45, 7) is 2.71. The molecule has 8 nitrogen and oxygen atoms in total. The molecule has 0 radical (unpaired) electrons.